The van der Waals surface area contributed by atoms with E-state index in [1.54, 1.807) is 24.5 Å². The topological polar surface area (TPSA) is 81.9 Å². The number of allylic oxidation sites excluding steroid dienone is 6. The Morgan fingerprint density at radius 2 is 2.04 bits per heavy atom. The minimum atomic E-state index is -3.65. The van der Waals surface area contributed by atoms with Gasteiger partial charge in [-0.15, -0.1) is 0 Å². The predicted molar refractivity (Wildman–Crippen MR) is 112 cm³/mol. The third-order valence-corrected chi connectivity index (χ3v) is 7.68. The Labute approximate surface area is 166 Å². The lowest BCUT2D eigenvalue weighted by Gasteiger charge is -2.16. The van der Waals surface area contributed by atoms with Crippen molar-refractivity contribution in [3.8, 4) is 0 Å². The van der Waals surface area contributed by atoms with E-state index in [1.807, 2.05) is 24.5 Å². The molecule has 7 heteroatoms. The van der Waals surface area contributed by atoms with Crippen LogP contribution in [0.1, 0.15) is 52.4 Å². The first kappa shape index (κ1) is 18.9. The van der Waals surface area contributed by atoms with Crippen LogP contribution in [0.4, 0.5) is 5.82 Å². The summed E-state index contributed by atoms with van der Waals surface area (Å²) in [4.78, 5) is 4.81. The van der Waals surface area contributed by atoms with E-state index in [4.69, 9.17) is 5.73 Å². The molecule has 28 heavy (non-hydrogen) atoms. The summed E-state index contributed by atoms with van der Waals surface area (Å²) in [7, 11) is -3.65. The van der Waals surface area contributed by atoms with Gasteiger partial charge in [-0.05, 0) is 51.7 Å². The van der Waals surface area contributed by atoms with E-state index in [0.717, 1.165) is 30.5 Å². The second-order valence-corrected chi connectivity index (χ2v) is 9.55. The lowest BCUT2D eigenvalue weighted by atomic mass is 10.0. The van der Waals surface area contributed by atoms with Crippen molar-refractivity contribution < 1.29 is 13.0 Å². The Bertz CT molecular complexity index is 1120. The van der Waals surface area contributed by atoms with Crippen molar-refractivity contribution in [1.29, 1.82) is 0 Å². The highest BCUT2D eigenvalue weighted by Gasteiger charge is 2.30. The molecule has 2 N–H and O–H groups in total. The standard InChI is InChI=1S/C21H26N4O2S/c1-3-18(16-6-4-5-7-16)25-19-12-13-24(21(19)23-14-20(25)22)28(26,27)17-10-8-15(2)9-11-17/h3,8,10,12-14,16,22H,4-7,9,11H2,1-2H3/p+1/b18-3+. The zero-order chi connectivity index (χ0) is 19.9. The molecule has 0 radical (unpaired) electrons. The van der Waals surface area contributed by atoms with Crippen LogP contribution in [0.5, 0.6) is 0 Å². The Balaban J connectivity index is 1.86. The molecule has 2 heterocycles. The number of nitrogens with two attached hydrogens (primary N) is 1. The molecular weight excluding hydrogens is 372 g/mol. The summed E-state index contributed by atoms with van der Waals surface area (Å²) in [5.74, 6) is 0.968. The number of anilines is 1. The van der Waals surface area contributed by atoms with Crippen LogP contribution in [0, 0.1) is 5.92 Å². The molecule has 2 aliphatic rings. The summed E-state index contributed by atoms with van der Waals surface area (Å²) in [5, 5.41) is 0. The molecule has 0 atom stereocenters. The maximum absolute atomic E-state index is 13.2. The average molecular weight is 400 g/mol. The lowest BCUT2D eigenvalue weighted by molar-refractivity contribution is -0.542. The van der Waals surface area contributed by atoms with E-state index < -0.39 is 10.0 Å². The summed E-state index contributed by atoms with van der Waals surface area (Å²) in [6.07, 6.45) is 14.8. The molecule has 0 spiro atoms. The molecule has 4 rings (SSSR count). The number of nitrogens with zero attached hydrogens (tertiary/aromatic N) is 3. The van der Waals surface area contributed by atoms with Gasteiger partial charge in [0.2, 0.25) is 0 Å². The summed E-state index contributed by atoms with van der Waals surface area (Å²) in [6, 6.07) is 1.80. The highest BCUT2D eigenvalue weighted by molar-refractivity contribution is 7.93. The smallest absolute Gasteiger partial charge is 0.285 e. The molecule has 2 aliphatic carbocycles. The van der Waals surface area contributed by atoms with Gasteiger partial charge in [-0.3, -0.25) is 5.73 Å². The number of fused-ring (bicyclic) bond motifs is 1. The summed E-state index contributed by atoms with van der Waals surface area (Å²) >= 11 is 0. The van der Waals surface area contributed by atoms with Gasteiger partial charge >= 0.3 is 0 Å². The highest BCUT2D eigenvalue weighted by Crippen LogP contribution is 2.33. The molecule has 0 bridgehead atoms. The Morgan fingerprint density at radius 1 is 1.29 bits per heavy atom. The van der Waals surface area contributed by atoms with Gasteiger partial charge in [0, 0.05) is 18.2 Å². The zero-order valence-electron chi connectivity index (χ0n) is 16.4. The molecule has 2 aromatic rings. The van der Waals surface area contributed by atoms with Crippen molar-refractivity contribution >= 4 is 32.7 Å². The average Bonchev–Trinajstić information content (AvgIpc) is 3.34. The fourth-order valence-electron chi connectivity index (χ4n) is 4.33. The first-order chi connectivity index (χ1) is 13.4. The van der Waals surface area contributed by atoms with E-state index >= 15 is 0 Å². The normalized spacial score (nSPS) is 19.1. The monoisotopic (exact) mass is 399 g/mol. The van der Waals surface area contributed by atoms with Crippen LogP contribution >= 0.6 is 0 Å². The van der Waals surface area contributed by atoms with E-state index in [9.17, 15) is 8.42 Å². The van der Waals surface area contributed by atoms with Gasteiger partial charge in [-0.2, -0.15) is 4.57 Å². The quantitative estimate of drug-likeness (QED) is 0.794. The first-order valence-electron chi connectivity index (χ1n) is 9.89. The second kappa shape index (κ2) is 7.20. The highest BCUT2D eigenvalue weighted by atomic mass is 32.2. The molecule has 148 valence electrons. The molecule has 0 unspecified atom stereocenters. The third-order valence-electron chi connectivity index (χ3n) is 5.86. The lowest BCUT2D eigenvalue weighted by Crippen LogP contribution is -2.39. The van der Waals surface area contributed by atoms with Crippen LogP contribution in [0.2, 0.25) is 0 Å². The number of aromatic nitrogens is 3. The van der Waals surface area contributed by atoms with Gasteiger partial charge < -0.3 is 0 Å². The van der Waals surface area contributed by atoms with Crippen LogP contribution < -0.4 is 10.3 Å². The van der Waals surface area contributed by atoms with Crippen molar-refractivity contribution in [2.45, 2.75) is 52.4 Å². The van der Waals surface area contributed by atoms with Crippen molar-refractivity contribution in [1.82, 2.24) is 8.96 Å². The number of rotatable bonds is 4. The Hall–Kier alpha value is -2.41. The molecule has 0 aliphatic heterocycles. The summed E-state index contributed by atoms with van der Waals surface area (Å²) in [6.45, 7) is 4.03. The van der Waals surface area contributed by atoms with Crippen LogP contribution in [0.15, 0.2) is 47.2 Å². The van der Waals surface area contributed by atoms with Gasteiger partial charge in [-0.25, -0.2) is 17.4 Å². The molecule has 0 saturated heterocycles. The van der Waals surface area contributed by atoms with Gasteiger partial charge in [0.25, 0.3) is 15.8 Å². The maximum Gasteiger partial charge on any atom is 0.296 e. The Morgan fingerprint density at radius 3 is 2.68 bits per heavy atom. The largest absolute Gasteiger partial charge is 0.296 e. The van der Waals surface area contributed by atoms with Crippen molar-refractivity contribution in [3.05, 3.63) is 47.2 Å². The first-order valence-corrected chi connectivity index (χ1v) is 11.3. The summed E-state index contributed by atoms with van der Waals surface area (Å²) in [5.41, 5.74) is 9.75. The van der Waals surface area contributed by atoms with Gasteiger partial charge in [0.1, 0.15) is 11.9 Å². The number of nitrogen functional groups attached to an aromatic ring is 1. The van der Waals surface area contributed by atoms with Crippen LogP contribution in [0.3, 0.4) is 0 Å². The molecule has 0 aromatic carbocycles. The second-order valence-electron chi connectivity index (χ2n) is 7.68. The number of hydrogen-bond donors (Lipinski definition) is 1. The van der Waals surface area contributed by atoms with Gasteiger partial charge in [-0.1, -0.05) is 24.5 Å². The van der Waals surface area contributed by atoms with Crippen molar-refractivity contribution in [2.75, 3.05) is 5.73 Å². The Kier molecular flexibility index (Phi) is 4.87. The SMILES string of the molecule is C/C=C(\C1CCCC1)[n+]1c(N)cnc2c1ccn2S(=O)(=O)C1=CC=C(C)CC1. The summed E-state index contributed by atoms with van der Waals surface area (Å²) < 4.78 is 29.7. The van der Waals surface area contributed by atoms with Crippen LogP contribution in [0.25, 0.3) is 16.9 Å². The molecule has 1 saturated carbocycles. The van der Waals surface area contributed by atoms with Crippen molar-refractivity contribution in [2.24, 2.45) is 5.92 Å². The van der Waals surface area contributed by atoms with Gasteiger partial charge in [0.05, 0.1) is 4.91 Å². The van der Waals surface area contributed by atoms with E-state index in [-0.39, 0.29) is 0 Å². The minimum Gasteiger partial charge on any atom is -0.285 e. The van der Waals surface area contributed by atoms with Crippen LogP contribution in [-0.2, 0) is 10.0 Å². The minimum absolute atomic E-state index is 0.415. The van der Waals surface area contributed by atoms with E-state index in [2.05, 4.69) is 11.1 Å². The molecular formula is C21H27N4O2S+. The number of hydrogen-bond acceptors (Lipinski definition) is 4. The predicted octanol–water partition coefficient (Wildman–Crippen LogP) is 3.76. The third kappa shape index (κ3) is 3.07. The molecule has 2 aromatic heterocycles. The van der Waals surface area contributed by atoms with Gasteiger partial charge in [0.15, 0.2) is 11.2 Å². The fourth-order valence-corrected chi connectivity index (χ4v) is 5.77. The molecule has 6 nitrogen and oxygen atoms in total. The van der Waals surface area contributed by atoms with Crippen LogP contribution in [-0.4, -0.2) is 17.4 Å². The van der Waals surface area contributed by atoms with Crippen molar-refractivity contribution in [3.63, 3.8) is 0 Å². The maximum atomic E-state index is 13.2. The fraction of sp³-hybridized carbons (Fsp3) is 0.429. The zero-order valence-corrected chi connectivity index (χ0v) is 17.2. The molecule has 0 amide bonds. The van der Waals surface area contributed by atoms with E-state index in [0.29, 0.717) is 28.7 Å². The van der Waals surface area contributed by atoms with E-state index in [1.165, 1.54) is 22.4 Å². The molecule has 1 fully saturated rings.